The van der Waals surface area contributed by atoms with Gasteiger partial charge in [0, 0.05) is 27.3 Å². The van der Waals surface area contributed by atoms with E-state index in [2.05, 4.69) is 36.2 Å². The molecule has 26 heavy (non-hydrogen) atoms. The zero-order valence-electron chi connectivity index (χ0n) is 14.1. The highest BCUT2D eigenvalue weighted by atomic mass is 79.9. The maximum Gasteiger partial charge on any atom is 0.222 e. The molecule has 2 aromatic heterocycles. The SMILES string of the molecule is Cc1cccnc1-c1ccc2nc(N)nc(Nc3cccc(Br)c3)c2c1. The summed E-state index contributed by atoms with van der Waals surface area (Å²) in [6, 6.07) is 17.9. The van der Waals surface area contributed by atoms with E-state index >= 15 is 0 Å². The van der Waals surface area contributed by atoms with Crippen LogP contribution in [0.3, 0.4) is 0 Å². The largest absolute Gasteiger partial charge is 0.368 e. The Labute approximate surface area is 159 Å². The summed E-state index contributed by atoms with van der Waals surface area (Å²) in [7, 11) is 0. The van der Waals surface area contributed by atoms with Crippen LogP contribution in [0.5, 0.6) is 0 Å². The zero-order valence-corrected chi connectivity index (χ0v) is 15.7. The van der Waals surface area contributed by atoms with Gasteiger partial charge in [-0.25, -0.2) is 4.98 Å². The first kappa shape index (κ1) is 16.5. The number of benzene rings is 2. The number of hydrogen-bond acceptors (Lipinski definition) is 5. The van der Waals surface area contributed by atoms with E-state index in [1.807, 2.05) is 61.5 Å². The Kier molecular flexibility index (Phi) is 4.26. The molecule has 0 saturated heterocycles. The normalized spacial score (nSPS) is 10.8. The Morgan fingerprint density at radius 2 is 1.88 bits per heavy atom. The minimum atomic E-state index is 0.233. The van der Waals surface area contributed by atoms with E-state index in [0.717, 1.165) is 37.9 Å². The average Bonchev–Trinajstić information content (AvgIpc) is 2.62. The van der Waals surface area contributed by atoms with Gasteiger partial charge in [0.05, 0.1) is 11.2 Å². The number of pyridine rings is 1. The smallest absolute Gasteiger partial charge is 0.222 e. The van der Waals surface area contributed by atoms with Crippen LogP contribution >= 0.6 is 15.9 Å². The highest BCUT2D eigenvalue weighted by molar-refractivity contribution is 9.10. The number of anilines is 3. The highest BCUT2D eigenvalue weighted by Crippen LogP contribution is 2.30. The Hall–Kier alpha value is -2.99. The molecule has 3 N–H and O–H groups in total. The Bertz CT molecular complexity index is 1110. The molecular formula is C20H16BrN5. The molecule has 0 aliphatic rings. The number of rotatable bonds is 3. The first-order chi connectivity index (χ1) is 12.6. The van der Waals surface area contributed by atoms with Gasteiger partial charge >= 0.3 is 0 Å². The molecule has 0 fully saturated rings. The van der Waals surface area contributed by atoms with E-state index in [0.29, 0.717) is 5.82 Å². The average molecular weight is 406 g/mol. The van der Waals surface area contributed by atoms with Crippen LogP contribution in [0.15, 0.2) is 65.3 Å². The molecule has 4 rings (SSSR count). The number of aryl methyl sites for hydroxylation is 1. The third-order valence-corrected chi connectivity index (χ3v) is 4.58. The monoisotopic (exact) mass is 405 g/mol. The molecule has 0 aliphatic carbocycles. The van der Waals surface area contributed by atoms with Crippen molar-refractivity contribution in [3.05, 3.63) is 70.8 Å². The van der Waals surface area contributed by atoms with Crippen molar-refractivity contribution in [3.63, 3.8) is 0 Å². The van der Waals surface area contributed by atoms with Gasteiger partial charge in [0.2, 0.25) is 5.95 Å². The molecule has 0 radical (unpaired) electrons. The third-order valence-electron chi connectivity index (χ3n) is 4.08. The predicted molar refractivity (Wildman–Crippen MR) is 109 cm³/mol. The number of fused-ring (bicyclic) bond motifs is 1. The van der Waals surface area contributed by atoms with Crippen molar-refractivity contribution in [2.24, 2.45) is 0 Å². The fourth-order valence-corrected chi connectivity index (χ4v) is 3.28. The van der Waals surface area contributed by atoms with E-state index in [9.17, 15) is 0 Å². The van der Waals surface area contributed by atoms with Crippen molar-refractivity contribution in [2.45, 2.75) is 6.92 Å². The van der Waals surface area contributed by atoms with E-state index < -0.39 is 0 Å². The molecule has 6 heteroatoms. The van der Waals surface area contributed by atoms with Crippen LogP contribution in [-0.4, -0.2) is 15.0 Å². The van der Waals surface area contributed by atoms with Crippen molar-refractivity contribution >= 4 is 44.3 Å². The molecule has 2 aromatic carbocycles. The second-order valence-corrected chi connectivity index (χ2v) is 6.88. The van der Waals surface area contributed by atoms with Crippen LogP contribution in [0.2, 0.25) is 0 Å². The number of nitrogens with one attached hydrogen (secondary N) is 1. The Balaban J connectivity index is 1.86. The number of nitrogens with zero attached hydrogens (tertiary/aromatic N) is 3. The minimum Gasteiger partial charge on any atom is -0.368 e. The first-order valence-corrected chi connectivity index (χ1v) is 8.91. The van der Waals surface area contributed by atoms with Crippen LogP contribution in [0.25, 0.3) is 22.2 Å². The molecule has 0 saturated carbocycles. The van der Waals surface area contributed by atoms with Crippen molar-refractivity contribution in [3.8, 4) is 11.3 Å². The predicted octanol–water partition coefficient (Wildman–Crippen LogP) is 5.09. The van der Waals surface area contributed by atoms with Gasteiger partial charge in [-0.05, 0) is 48.9 Å². The lowest BCUT2D eigenvalue weighted by molar-refractivity contribution is 1.23. The molecule has 0 bridgehead atoms. The number of nitrogen functional groups attached to an aromatic ring is 1. The topological polar surface area (TPSA) is 76.7 Å². The van der Waals surface area contributed by atoms with E-state index in [4.69, 9.17) is 5.73 Å². The molecule has 4 aromatic rings. The number of nitrogens with two attached hydrogens (primary N) is 1. The fourth-order valence-electron chi connectivity index (χ4n) is 2.88. The molecule has 5 nitrogen and oxygen atoms in total. The summed E-state index contributed by atoms with van der Waals surface area (Å²) in [6.45, 7) is 2.05. The summed E-state index contributed by atoms with van der Waals surface area (Å²) in [4.78, 5) is 13.3. The summed E-state index contributed by atoms with van der Waals surface area (Å²) in [5, 5.41) is 4.23. The standard InChI is InChI=1S/C20H16BrN5/c1-12-4-3-9-23-18(12)13-7-8-17-16(10-13)19(26-20(22)25-17)24-15-6-2-5-14(21)11-15/h2-11H,1H3,(H3,22,24,25,26). The second kappa shape index (κ2) is 6.72. The summed E-state index contributed by atoms with van der Waals surface area (Å²) >= 11 is 3.48. The maximum absolute atomic E-state index is 5.90. The summed E-state index contributed by atoms with van der Waals surface area (Å²) in [6.07, 6.45) is 1.80. The van der Waals surface area contributed by atoms with Crippen LogP contribution in [0.1, 0.15) is 5.56 Å². The third kappa shape index (κ3) is 3.23. The number of aromatic nitrogens is 3. The summed E-state index contributed by atoms with van der Waals surface area (Å²) in [5.41, 5.74) is 10.7. The lowest BCUT2D eigenvalue weighted by Crippen LogP contribution is -2.01. The van der Waals surface area contributed by atoms with Gasteiger partial charge in [-0.1, -0.05) is 34.1 Å². The van der Waals surface area contributed by atoms with Crippen molar-refractivity contribution < 1.29 is 0 Å². The van der Waals surface area contributed by atoms with Gasteiger partial charge in [0.15, 0.2) is 0 Å². The van der Waals surface area contributed by atoms with E-state index in [1.165, 1.54) is 0 Å². The van der Waals surface area contributed by atoms with Crippen LogP contribution < -0.4 is 11.1 Å². The number of hydrogen-bond donors (Lipinski definition) is 2. The molecule has 0 unspecified atom stereocenters. The molecule has 0 aliphatic heterocycles. The van der Waals surface area contributed by atoms with Gasteiger partial charge in [-0.2, -0.15) is 4.98 Å². The minimum absolute atomic E-state index is 0.233. The van der Waals surface area contributed by atoms with Crippen molar-refractivity contribution in [2.75, 3.05) is 11.1 Å². The lowest BCUT2D eigenvalue weighted by atomic mass is 10.0. The van der Waals surface area contributed by atoms with Gasteiger partial charge in [-0.15, -0.1) is 0 Å². The van der Waals surface area contributed by atoms with E-state index in [-0.39, 0.29) is 5.95 Å². The van der Waals surface area contributed by atoms with Crippen molar-refractivity contribution in [1.29, 1.82) is 0 Å². The molecule has 0 amide bonds. The highest BCUT2D eigenvalue weighted by Gasteiger charge is 2.10. The second-order valence-electron chi connectivity index (χ2n) is 5.97. The van der Waals surface area contributed by atoms with Crippen LogP contribution in [0, 0.1) is 6.92 Å². The Morgan fingerprint density at radius 1 is 1.00 bits per heavy atom. The lowest BCUT2D eigenvalue weighted by Gasteiger charge is -2.11. The zero-order chi connectivity index (χ0) is 18.1. The Morgan fingerprint density at radius 3 is 2.69 bits per heavy atom. The molecule has 0 atom stereocenters. The van der Waals surface area contributed by atoms with Crippen molar-refractivity contribution in [1.82, 2.24) is 15.0 Å². The number of halogens is 1. The van der Waals surface area contributed by atoms with Crippen LogP contribution in [-0.2, 0) is 0 Å². The fraction of sp³-hybridized carbons (Fsp3) is 0.0500. The molecular weight excluding hydrogens is 390 g/mol. The molecule has 0 spiro atoms. The summed E-state index contributed by atoms with van der Waals surface area (Å²) < 4.78 is 0.985. The quantitative estimate of drug-likeness (QED) is 0.496. The van der Waals surface area contributed by atoms with E-state index in [1.54, 1.807) is 6.20 Å². The van der Waals surface area contributed by atoms with Gasteiger partial charge < -0.3 is 11.1 Å². The van der Waals surface area contributed by atoms with Gasteiger partial charge in [0.25, 0.3) is 0 Å². The molecule has 128 valence electrons. The molecule has 2 heterocycles. The maximum atomic E-state index is 5.90. The summed E-state index contributed by atoms with van der Waals surface area (Å²) in [5.74, 6) is 0.901. The van der Waals surface area contributed by atoms with Gasteiger partial charge in [0.1, 0.15) is 5.82 Å². The van der Waals surface area contributed by atoms with Crippen LogP contribution in [0.4, 0.5) is 17.5 Å². The van der Waals surface area contributed by atoms with Gasteiger partial charge in [-0.3, -0.25) is 4.98 Å². The first-order valence-electron chi connectivity index (χ1n) is 8.12.